The number of ether oxygens (including phenoxy) is 5. The first-order valence-corrected chi connectivity index (χ1v) is 18.3. The number of methoxy groups -OCH3 is 3. The second kappa shape index (κ2) is 14.1. The van der Waals surface area contributed by atoms with Gasteiger partial charge < -0.3 is 38.1 Å². The van der Waals surface area contributed by atoms with Gasteiger partial charge in [-0.2, -0.15) is 0 Å². The summed E-state index contributed by atoms with van der Waals surface area (Å²) in [7, 11) is 9.18. The lowest BCUT2D eigenvalue weighted by atomic mass is 9.84. The molecule has 4 aliphatic heterocycles. The van der Waals surface area contributed by atoms with Crippen LogP contribution in [0.3, 0.4) is 0 Å². The highest BCUT2D eigenvalue weighted by Crippen LogP contribution is 2.51. The fourth-order valence-electron chi connectivity index (χ4n) is 8.47. The molecule has 0 spiro atoms. The third kappa shape index (κ3) is 6.32. The lowest BCUT2D eigenvalue weighted by molar-refractivity contribution is -0.958. The van der Waals surface area contributed by atoms with Crippen molar-refractivity contribution in [2.24, 2.45) is 0 Å². The highest BCUT2D eigenvalue weighted by Gasteiger charge is 2.45. The van der Waals surface area contributed by atoms with Crippen LogP contribution in [0.25, 0.3) is 0 Å². The van der Waals surface area contributed by atoms with Crippen LogP contribution >= 0.6 is 15.9 Å². The summed E-state index contributed by atoms with van der Waals surface area (Å²) in [4.78, 5) is 15.1. The predicted octanol–water partition coefficient (Wildman–Crippen LogP) is 6.96. The SMILES string of the molecule is CCC(C(=O)[O-])[N+]1(C)CCc2cc(OC)c3cc2C1Cc1ccc(cc1)Oc1cc(ccc1OC)CC1c2c(cc(OC)c(Br)c2O3)CCN1C. The largest absolute Gasteiger partial charge is 0.544 e. The molecule has 4 heterocycles. The second-order valence-electron chi connectivity index (χ2n) is 14.1. The molecule has 268 valence electrons. The standard InChI is InChI=1S/C41H45BrN2O7/c1-7-31(41(45)46)44(3)17-15-26-21-34(48-5)36-23-29(26)32(44)19-24-8-11-28(12-9-24)50-35-20-25(10-13-33(35)47-4)18-30-38-27(14-16-43(30)2)22-37(49-6)39(42)40(38)51-36/h8-13,20-23,30-32H,7,14-19H2,1-6H3. The second-order valence-corrected chi connectivity index (χ2v) is 14.9. The minimum Gasteiger partial charge on any atom is -0.544 e. The Bertz CT molecular complexity index is 1970. The molecule has 10 heteroatoms. The van der Waals surface area contributed by atoms with Crippen LogP contribution in [0.15, 0.2) is 65.1 Å². The van der Waals surface area contributed by atoms with Crippen LogP contribution in [0.1, 0.15) is 58.8 Å². The Kier molecular flexibility index (Phi) is 9.69. The fraction of sp³-hybridized carbons (Fsp3) is 0.390. The van der Waals surface area contributed by atoms with E-state index in [1.807, 2.05) is 25.1 Å². The highest BCUT2D eigenvalue weighted by atomic mass is 79.9. The Labute approximate surface area is 308 Å². The topological polar surface area (TPSA) is 89.5 Å². The number of hydrogen-bond donors (Lipinski definition) is 0. The minimum atomic E-state index is -1.03. The summed E-state index contributed by atoms with van der Waals surface area (Å²) in [5.41, 5.74) is 6.56. The number of hydrogen-bond acceptors (Lipinski definition) is 8. The van der Waals surface area contributed by atoms with E-state index in [1.165, 1.54) is 0 Å². The lowest BCUT2D eigenvalue weighted by Gasteiger charge is -2.50. The molecular weight excluding hydrogens is 712 g/mol. The zero-order valence-corrected chi connectivity index (χ0v) is 31.7. The Morgan fingerprint density at radius 1 is 0.902 bits per heavy atom. The van der Waals surface area contributed by atoms with Gasteiger partial charge in [-0.15, -0.1) is 0 Å². The van der Waals surface area contributed by atoms with Crippen LogP contribution in [0.4, 0.5) is 0 Å². The van der Waals surface area contributed by atoms with Crippen LogP contribution in [-0.2, 0) is 30.5 Å². The van der Waals surface area contributed by atoms with E-state index in [4.69, 9.17) is 23.7 Å². The summed E-state index contributed by atoms with van der Waals surface area (Å²) in [5.74, 6) is 3.49. The van der Waals surface area contributed by atoms with Crippen molar-refractivity contribution < 1.29 is 38.1 Å². The van der Waals surface area contributed by atoms with Gasteiger partial charge >= 0.3 is 0 Å². The minimum absolute atomic E-state index is 0.0323. The number of carbonyl (C=O) groups is 1. The summed E-state index contributed by atoms with van der Waals surface area (Å²) in [5, 5.41) is 12.7. The monoisotopic (exact) mass is 756 g/mol. The average molecular weight is 758 g/mol. The average Bonchev–Trinajstić information content (AvgIpc) is 3.12. The Morgan fingerprint density at radius 2 is 1.59 bits per heavy atom. The van der Waals surface area contributed by atoms with E-state index >= 15 is 0 Å². The quantitative estimate of drug-likeness (QED) is 0.195. The van der Waals surface area contributed by atoms with Crippen molar-refractivity contribution in [2.45, 2.75) is 57.2 Å². The van der Waals surface area contributed by atoms with Gasteiger partial charge in [0.2, 0.25) is 0 Å². The van der Waals surface area contributed by atoms with Crippen molar-refractivity contribution in [2.75, 3.05) is 48.5 Å². The van der Waals surface area contributed by atoms with E-state index in [0.29, 0.717) is 77.0 Å². The van der Waals surface area contributed by atoms with Gasteiger partial charge in [0.05, 0.1) is 40.9 Å². The molecular formula is C41H45BrN2O7. The van der Waals surface area contributed by atoms with E-state index in [-0.39, 0.29) is 12.1 Å². The maximum atomic E-state index is 12.7. The van der Waals surface area contributed by atoms with Crippen molar-refractivity contribution in [3.8, 4) is 40.2 Å². The molecule has 51 heavy (non-hydrogen) atoms. The van der Waals surface area contributed by atoms with Crippen molar-refractivity contribution >= 4 is 21.9 Å². The zero-order valence-electron chi connectivity index (χ0n) is 30.1. The number of aliphatic carboxylic acids is 1. The summed E-state index contributed by atoms with van der Waals surface area (Å²) >= 11 is 3.87. The van der Waals surface area contributed by atoms with E-state index in [9.17, 15) is 9.90 Å². The number of carbonyl (C=O) groups excluding carboxylic acids is 1. The number of halogens is 1. The first-order valence-electron chi connectivity index (χ1n) is 17.6. The van der Waals surface area contributed by atoms with Crippen LogP contribution in [0.5, 0.6) is 40.2 Å². The number of benzene rings is 4. The zero-order chi connectivity index (χ0) is 36.0. The summed E-state index contributed by atoms with van der Waals surface area (Å²) in [6.45, 7) is 3.44. The molecule has 0 radical (unpaired) electrons. The molecule has 0 fully saturated rings. The first-order chi connectivity index (χ1) is 24.6. The third-order valence-electron chi connectivity index (χ3n) is 11.3. The number of carboxylic acid groups (broad SMARTS) is 1. The number of fused-ring (bicyclic) bond motifs is 2. The number of carboxylic acids is 1. The molecule has 0 aromatic heterocycles. The highest BCUT2D eigenvalue weighted by molar-refractivity contribution is 9.10. The molecule has 0 saturated carbocycles. The molecule has 4 aromatic carbocycles. The molecule has 4 atom stereocenters. The van der Waals surface area contributed by atoms with Crippen molar-refractivity contribution in [1.29, 1.82) is 0 Å². The smallest absolute Gasteiger partial charge is 0.169 e. The van der Waals surface area contributed by atoms with Crippen molar-refractivity contribution in [1.82, 2.24) is 4.90 Å². The molecule has 0 aliphatic carbocycles. The van der Waals surface area contributed by atoms with Gasteiger partial charge in [-0.05, 0) is 101 Å². The molecule has 0 amide bonds. The number of likely N-dealkylation sites (N-methyl/N-ethyl adjacent to an activating group) is 2. The van der Waals surface area contributed by atoms with Gasteiger partial charge in [-0.1, -0.05) is 25.1 Å². The molecule has 9 nitrogen and oxygen atoms in total. The summed E-state index contributed by atoms with van der Waals surface area (Å²) < 4.78 is 32.2. The van der Waals surface area contributed by atoms with Crippen LogP contribution < -0.4 is 28.8 Å². The molecule has 6 bridgehead atoms. The Hall–Kier alpha value is -4.25. The number of nitrogens with zero attached hydrogens (tertiary/aromatic N) is 2. The van der Waals surface area contributed by atoms with Crippen molar-refractivity contribution in [3.63, 3.8) is 0 Å². The third-order valence-corrected chi connectivity index (χ3v) is 12.1. The van der Waals surface area contributed by atoms with E-state index < -0.39 is 12.0 Å². The predicted molar refractivity (Wildman–Crippen MR) is 196 cm³/mol. The van der Waals surface area contributed by atoms with Crippen LogP contribution in [0.2, 0.25) is 0 Å². The van der Waals surface area contributed by atoms with Gasteiger partial charge in [-0.25, -0.2) is 0 Å². The number of rotatable bonds is 6. The fourth-order valence-corrected chi connectivity index (χ4v) is 9.04. The van der Waals surface area contributed by atoms with Gasteiger partial charge in [-0.3, -0.25) is 4.90 Å². The van der Waals surface area contributed by atoms with Crippen LogP contribution in [-0.4, -0.2) is 69.9 Å². The lowest BCUT2D eigenvalue weighted by Crippen LogP contribution is -2.63. The maximum Gasteiger partial charge on any atom is 0.169 e. The first kappa shape index (κ1) is 35.2. The van der Waals surface area contributed by atoms with Gasteiger partial charge in [0.15, 0.2) is 28.7 Å². The van der Waals surface area contributed by atoms with Crippen LogP contribution in [0, 0.1) is 0 Å². The number of quaternary nitrogens is 1. The van der Waals surface area contributed by atoms with Gasteiger partial charge in [0, 0.05) is 43.0 Å². The maximum absolute atomic E-state index is 12.7. The molecule has 4 unspecified atom stereocenters. The Balaban J connectivity index is 1.48. The van der Waals surface area contributed by atoms with Crippen molar-refractivity contribution in [3.05, 3.63) is 98.5 Å². The van der Waals surface area contributed by atoms with E-state index in [1.54, 1.807) is 21.3 Å². The Morgan fingerprint density at radius 3 is 2.27 bits per heavy atom. The molecule has 0 N–H and O–H groups in total. The molecule has 8 rings (SSSR count). The molecule has 4 aromatic rings. The normalized spacial score (nSPS) is 21.6. The van der Waals surface area contributed by atoms with E-state index in [2.05, 4.69) is 77.4 Å². The summed E-state index contributed by atoms with van der Waals surface area (Å²) in [6.07, 6.45) is 3.27. The van der Waals surface area contributed by atoms with Gasteiger partial charge in [0.25, 0.3) is 0 Å². The summed E-state index contributed by atoms with van der Waals surface area (Å²) in [6, 6.07) is 19.5. The van der Waals surface area contributed by atoms with Gasteiger partial charge in [0.1, 0.15) is 28.1 Å². The van der Waals surface area contributed by atoms with E-state index in [0.717, 1.165) is 50.8 Å². The molecule has 4 aliphatic rings. The molecule has 0 saturated heterocycles.